The minimum Gasteiger partial charge on any atom is -0.466 e. The second-order valence-corrected chi connectivity index (χ2v) is 8.80. The van der Waals surface area contributed by atoms with Crippen molar-refractivity contribution in [3.63, 3.8) is 0 Å². The molecule has 1 aromatic rings. The average molecular weight is 405 g/mol. The van der Waals surface area contributed by atoms with Crippen molar-refractivity contribution in [2.24, 2.45) is 11.1 Å². The Morgan fingerprint density at radius 2 is 2.23 bits per heavy atom. The molecule has 6 nitrogen and oxygen atoms in total. The zero-order valence-electron chi connectivity index (χ0n) is 17.4. The Morgan fingerprint density at radius 1 is 1.40 bits per heavy atom. The van der Waals surface area contributed by atoms with Crippen LogP contribution in [-0.2, 0) is 19.7 Å². The lowest BCUT2D eigenvalue weighted by Crippen LogP contribution is -2.58. The van der Waals surface area contributed by atoms with Crippen LogP contribution in [0.25, 0.3) is 6.08 Å². The molecular weight excluding hydrogens is 378 g/mol. The van der Waals surface area contributed by atoms with Gasteiger partial charge in [0, 0.05) is 42.0 Å². The number of benzene rings is 1. The number of anilines is 1. The summed E-state index contributed by atoms with van der Waals surface area (Å²) in [5.41, 5.74) is 9.84. The highest BCUT2D eigenvalue weighted by atomic mass is 16.5. The average Bonchev–Trinajstić information content (AvgIpc) is 3.31. The summed E-state index contributed by atoms with van der Waals surface area (Å²) in [6.45, 7) is 4.14. The van der Waals surface area contributed by atoms with Crippen molar-refractivity contribution in [1.29, 1.82) is 0 Å². The van der Waals surface area contributed by atoms with E-state index in [4.69, 9.17) is 10.5 Å². The number of esters is 1. The van der Waals surface area contributed by atoms with Crippen LogP contribution >= 0.6 is 0 Å². The number of ether oxygens (including phenoxy) is 1. The summed E-state index contributed by atoms with van der Waals surface area (Å²) in [5, 5.41) is 3.60. The van der Waals surface area contributed by atoms with Gasteiger partial charge in [-0.1, -0.05) is 25.1 Å². The molecule has 3 aliphatic heterocycles. The van der Waals surface area contributed by atoms with Crippen LogP contribution in [0.15, 0.2) is 47.7 Å². The smallest absolute Gasteiger partial charge is 0.335 e. The summed E-state index contributed by atoms with van der Waals surface area (Å²) in [4.78, 5) is 26.7. The summed E-state index contributed by atoms with van der Waals surface area (Å²) in [6, 6.07) is 6.45. The Morgan fingerprint density at radius 3 is 2.97 bits per heavy atom. The first-order valence-corrected chi connectivity index (χ1v) is 10.6. The standard InChI is InChI=1S/C24H27N3O3/c1-3-23-9-4-11-27-12-10-24(22(23)27)17-13-15(6-8-19(25)28)5-7-18(17)26-20(24)16(14-23)21(29)30-2/h4-9,13,22,26H,3,10-12,14H2,1-2H3,(H2,25,28)/b8-6+/t22-,23-,24-/m0/s1. The van der Waals surface area contributed by atoms with Crippen LogP contribution in [0.5, 0.6) is 0 Å². The van der Waals surface area contributed by atoms with Crippen LogP contribution in [0, 0.1) is 5.41 Å². The summed E-state index contributed by atoms with van der Waals surface area (Å²) < 4.78 is 5.22. The Kier molecular flexibility index (Phi) is 4.19. The highest BCUT2D eigenvalue weighted by Gasteiger charge is 2.65. The zero-order chi connectivity index (χ0) is 21.1. The number of nitrogens with one attached hydrogen (secondary N) is 1. The maximum atomic E-state index is 12.9. The fourth-order valence-corrected chi connectivity index (χ4v) is 6.36. The summed E-state index contributed by atoms with van der Waals surface area (Å²) in [6.07, 6.45) is 10.3. The molecule has 0 unspecified atom stereocenters. The minimum absolute atomic E-state index is 0.107. The first-order valence-electron chi connectivity index (χ1n) is 10.6. The van der Waals surface area contributed by atoms with Crippen molar-refractivity contribution < 1.29 is 14.3 Å². The third-order valence-corrected chi connectivity index (χ3v) is 7.53. The maximum absolute atomic E-state index is 12.9. The van der Waals surface area contributed by atoms with E-state index in [-0.39, 0.29) is 22.8 Å². The van der Waals surface area contributed by atoms with Gasteiger partial charge in [-0.3, -0.25) is 9.69 Å². The van der Waals surface area contributed by atoms with Gasteiger partial charge in [0.05, 0.1) is 18.1 Å². The van der Waals surface area contributed by atoms with Gasteiger partial charge in [-0.05, 0) is 48.6 Å². The molecular formula is C24H27N3O3. The first-order chi connectivity index (χ1) is 14.4. The second kappa shape index (κ2) is 6.57. The largest absolute Gasteiger partial charge is 0.466 e. The highest BCUT2D eigenvalue weighted by molar-refractivity contribution is 5.94. The molecule has 0 aromatic heterocycles. The van der Waals surface area contributed by atoms with Crippen molar-refractivity contribution in [1.82, 2.24) is 4.90 Å². The van der Waals surface area contributed by atoms with Crippen molar-refractivity contribution in [2.75, 3.05) is 25.5 Å². The van der Waals surface area contributed by atoms with Crippen LogP contribution in [0.4, 0.5) is 5.69 Å². The number of carbonyl (C=O) groups excluding carboxylic acids is 2. The first kappa shape index (κ1) is 19.1. The number of primary amides is 1. The fourth-order valence-electron chi connectivity index (χ4n) is 6.36. The zero-order valence-corrected chi connectivity index (χ0v) is 17.4. The summed E-state index contributed by atoms with van der Waals surface area (Å²) >= 11 is 0. The molecule has 0 bridgehead atoms. The third kappa shape index (κ3) is 2.40. The molecule has 6 heteroatoms. The molecule has 1 fully saturated rings. The minimum atomic E-state index is -0.465. The van der Waals surface area contributed by atoms with E-state index >= 15 is 0 Å². The molecule has 0 saturated carbocycles. The lowest BCUT2D eigenvalue weighted by Gasteiger charge is -2.53. The highest BCUT2D eigenvalue weighted by Crippen LogP contribution is 2.64. The molecule has 1 saturated heterocycles. The normalized spacial score (nSPS) is 31.3. The number of nitrogens with zero attached hydrogens (tertiary/aromatic N) is 1. The number of hydrogen-bond donors (Lipinski definition) is 2. The van der Waals surface area contributed by atoms with Gasteiger partial charge in [-0.25, -0.2) is 4.79 Å². The molecule has 1 amide bonds. The second-order valence-electron chi connectivity index (χ2n) is 8.80. The van der Waals surface area contributed by atoms with E-state index in [0.29, 0.717) is 6.42 Å². The van der Waals surface area contributed by atoms with Crippen LogP contribution < -0.4 is 11.1 Å². The number of amides is 1. The van der Waals surface area contributed by atoms with Crippen LogP contribution in [0.1, 0.15) is 37.3 Å². The van der Waals surface area contributed by atoms with E-state index < -0.39 is 5.91 Å². The van der Waals surface area contributed by atoms with Crippen LogP contribution in [-0.4, -0.2) is 43.0 Å². The van der Waals surface area contributed by atoms with E-state index in [2.05, 4.69) is 35.4 Å². The van der Waals surface area contributed by atoms with E-state index in [1.54, 1.807) is 6.08 Å². The number of carbonyl (C=O) groups is 2. The molecule has 1 aromatic carbocycles. The number of methoxy groups -OCH3 is 1. The van der Waals surface area contributed by atoms with Crippen LogP contribution in [0.3, 0.4) is 0 Å². The molecule has 156 valence electrons. The van der Waals surface area contributed by atoms with E-state index in [0.717, 1.165) is 48.5 Å². The number of hydrogen-bond acceptors (Lipinski definition) is 5. The molecule has 5 rings (SSSR count). The predicted molar refractivity (Wildman–Crippen MR) is 115 cm³/mol. The molecule has 1 aliphatic carbocycles. The molecule has 3 atom stereocenters. The van der Waals surface area contributed by atoms with Crippen molar-refractivity contribution in [3.8, 4) is 0 Å². The van der Waals surface area contributed by atoms with E-state index in [9.17, 15) is 9.59 Å². The van der Waals surface area contributed by atoms with Gasteiger partial charge in [0.25, 0.3) is 0 Å². The number of nitrogens with two attached hydrogens (primary N) is 1. The van der Waals surface area contributed by atoms with Gasteiger partial charge < -0.3 is 15.8 Å². The van der Waals surface area contributed by atoms with Gasteiger partial charge in [0.15, 0.2) is 0 Å². The van der Waals surface area contributed by atoms with Crippen molar-refractivity contribution >= 4 is 23.6 Å². The molecule has 1 spiro atoms. The number of rotatable bonds is 4. The Hall–Kier alpha value is -2.86. The summed E-state index contributed by atoms with van der Waals surface area (Å²) in [5.74, 6) is -0.713. The molecule has 3 heterocycles. The van der Waals surface area contributed by atoms with Gasteiger partial charge in [-0.2, -0.15) is 0 Å². The molecule has 0 radical (unpaired) electrons. The topological polar surface area (TPSA) is 84.7 Å². The SMILES string of the molecule is CC[C@]12C=CCN3CC[C@]4(C(=C(C(=O)OC)C1)Nc1ccc(/C=C/C(N)=O)cc14)[C@@H]32. The van der Waals surface area contributed by atoms with Gasteiger partial charge in [-0.15, -0.1) is 0 Å². The summed E-state index contributed by atoms with van der Waals surface area (Å²) in [7, 11) is 1.46. The van der Waals surface area contributed by atoms with Gasteiger partial charge in [0.1, 0.15) is 0 Å². The van der Waals surface area contributed by atoms with Gasteiger partial charge in [0.2, 0.25) is 5.91 Å². The molecule has 3 N–H and O–H groups in total. The van der Waals surface area contributed by atoms with Crippen molar-refractivity contribution in [2.45, 2.75) is 37.6 Å². The Labute approximate surface area is 176 Å². The van der Waals surface area contributed by atoms with Gasteiger partial charge >= 0.3 is 5.97 Å². The van der Waals surface area contributed by atoms with E-state index in [1.807, 2.05) is 12.1 Å². The fraction of sp³-hybridized carbons (Fsp3) is 0.417. The molecule has 30 heavy (non-hydrogen) atoms. The Balaban J connectivity index is 1.76. The molecule has 4 aliphatic rings. The van der Waals surface area contributed by atoms with E-state index in [1.165, 1.54) is 18.7 Å². The predicted octanol–water partition coefficient (Wildman–Crippen LogP) is 2.72. The maximum Gasteiger partial charge on any atom is 0.335 e. The van der Waals surface area contributed by atoms with Crippen LogP contribution in [0.2, 0.25) is 0 Å². The van der Waals surface area contributed by atoms with Crippen molar-refractivity contribution in [3.05, 3.63) is 58.8 Å². The lowest BCUT2D eigenvalue weighted by molar-refractivity contribution is -0.137. The number of fused-ring (bicyclic) bond motifs is 1. The Bertz CT molecular complexity index is 1040. The third-order valence-electron chi connectivity index (χ3n) is 7.53. The lowest BCUT2D eigenvalue weighted by atomic mass is 9.55. The quantitative estimate of drug-likeness (QED) is 0.457. The monoisotopic (exact) mass is 405 g/mol.